The van der Waals surface area contributed by atoms with Gasteiger partial charge in [0.05, 0.1) is 11.9 Å². The monoisotopic (exact) mass is 273 g/mol. The van der Waals surface area contributed by atoms with E-state index in [0.29, 0.717) is 16.4 Å². The zero-order valence-corrected chi connectivity index (χ0v) is 10.4. The molecule has 0 bridgehead atoms. The molecule has 3 rings (SSSR count). The number of aromatic nitrogens is 3. The molecule has 0 saturated carbocycles. The Morgan fingerprint density at radius 3 is 2.68 bits per heavy atom. The number of hydrogen-bond donors (Lipinski definition) is 1. The van der Waals surface area contributed by atoms with Crippen LogP contribution in [0.1, 0.15) is 10.5 Å². The van der Waals surface area contributed by atoms with Gasteiger partial charge in [-0.3, -0.25) is 0 Å². The molecule has 19 heavy (non-hydrogen) atoms. The normalized spacial score (nSPS) is 10.8. The van der Waals surface area contributed by atoms with E-state index in [1.165, 1.54) is 16.8 Å². The lowest BCUT2D eigenvalue weighted by Gasteiger charge is -2.05. The van der Waals surface area contributed by atoms with Gasteiger partial charge in [-0.1, -0.05) is 41.9 Å². The average molecular weight is 274 g/mol. The van der Waals surface area contributed by atoms with Crippen LogP contribution < -0.4 is 0 Å². The fraction of sp³-hybridized carbons (Fsp3) is 0. The van der Waals surface area contributed by atoms with Crippen LogP contribution in [-0.2, 0) is 0 Å². The van der Waals surface area contributed by atoms with Gasteiger partial charge in [0, 0.05) is 5.56 Å². The van der Waals surface area contributed by atoms with Crippen LogP contribution in [0.25, 0.3) is 16.9 Å². The molecule has 1 aromatic carbocycles. The van der Waals surface area contributed by atoms with E-state index in [0.717, 1.165) is 5.56 Å². The van der Waals surface area contributed by atoms with Gasteiger partial charge in [0.1, 0.15) is 5.02 Å². The highest BCUT2D eigenvalue weighted by atomic mass is 35.5. The lowest BCUT2D eigenvalue weighted by atomic mass is 10.1. The topological polar surface area (TPSA) is 67.5 Å². The van der Waals surface area contributed by atoms with Crippen molar-refractivity contribution in [1.82, 2.24) is 14.6 Å². The van der Waals surface area contributed by atoms with Crippen molar-refractivity contribution in [2.24, 2.45) is 0 Å². The molecule has 0 radical (unpaired) electrons. The van der Waals surface area contributed by atoms with Crippen molar-refractivity contribution in [2.75, 3.05) is 0 Å². The van der Waals surface area contributed by atoms with E-state index < -0.39 is 5.97 Å². The summed E-state index contributed by atoms with van der Waals surface area (Å²) in [6.07, 6.45) is 1.38. The molecule has 94 valence electrons. The minimum atomic E-state index is -1.08. The van der Waals surface area contributed by atoms with E-state index >= 15 is 0 Å². The summed E-state index contributed by atoms with van der Waals surface area (Å²) in [6, 6.07) is 10.8. The van der Waals surface area contributed by atoms with Gasteiger partial charge < -0.3 is 5.11 Å². The number of halogens is 1. The maximum absolute atomic E-state index is 11.3. The Balaban J connectivity index is 2.33. The first-order chi connectivity index (χ1) is 9.16. The second-order valence-electron chi connectivity index (χ2n) is 3.93. The molecule has 0 amide bonds. The second kappa shape index (κ2) is 4.37. The van der Waals surface area contributed by atoms with Gasteiger partial charge >= 0.3 is 5.97 Å². The summed E-state index contributed by atoms with van der Waals surface area (Å²) in [6.45, 7) is 0. The van der Waals surface area contributed by atoms with E-state index in [2.05, 4.69) is 10.1 Å². The third kappa shape index (κ3) is 1.94. The molecule has 2 aromatic heterocycles. The molecule has 2 heterocycles. The number of carboxylic acid groups (broad SMARTS) is 1. The average Bonchev–Trinajstić information content (AvgIpc) is 2.80. The van der Waals surface area contributed by atoms with Gasteiger partial charge in [-0.25, -0.2) is 14.3 Å². The summed E-state index contributed by atoms with van der Waals surface area (Å²) in [4.78, 5) is 15.6. The Labute approximate surface area is 113 Å². The molecule has 3 aromatic rings. The summed E-state index contributed by atoms with van der Waals surface area (Å²) in [5.41, 5.74) is 1.73. The van der Waals surface area contributed by atoms with E-state index in [-0.39, 0.29) is 5.69 Å². The van der Waals surface area contributed by atoms with Crippen molar-refractivity contribution in [1.29, 1.82) is 0 Å². The minimum Gasteiger partial charge on any atom is -0.477 e. The first kappa shape index (κ1) is 11.7. The van der Waals surface area contributed by atoms with E-state index in [9.17, 15) is 9.90 Å². The van der Waals surface area contributed by atoms with Crippen molar-refractivity contribution >= 4 is 23.2 Å². The maximum Gasteiger partial charge on any atom is 0.354 e. The van der Waals surface area contributed by atoms with Gasteiger partial charge in [-0.2, -0.15) is 5.10 Å². The number of carboxylic acids is 1. The highest BCUT2D eigenvalue weighted by Gasteiger charge is 2.15. The Kier molecular flexibility index (Phi) is 2.68. The van der Waals surface area contributed by atoms with Gasteiger partial charge in [0.25, 0.3) is 0 Å². The quantitative estimate of drug-likeness (QED) is 0.779. The molecule has 0 aliphatic heterocycles. The Bertz CT molecular complexity index is 768. The molecule has 0 spiro atoms. The minimum absolute atomic E-state index is 0.0238. The summed E-state index contributed by atoms with van der Waals surface area (Å²) in [5, 5.41) is 13.5. The van der Waals surface area contributed by atoms with Crippen LogP contribution >= 0.6 is 11.6 Å². The molecule has 0 unspecified atom stereocenters. The summed E-state index contributed by atoms with van der Waals surface area (Å²) >= 11 is 5.97. The van der Waals surface area contributed by atoms with Crippen molar-refractivity contribution in [3.8, 4) is 11.3 Å². The lowest BCUT2D eigenvalue weighted by molar-refractivity contribution is 0.0687. The van der Waals surface area contributed by atoms with Crippen LogP contribution in [-0.4, -0.2) is 25.7 Å². The van der Waals surface area contributed by atoms with Gasteiger partial charge in [0.2, 0.25) is 0 Å². The smallest absolute Gasteiger partial charge is 0.354 e. The Morgan fingerprint density at radius 2 is 2.00 bits per heavy atom. The molecule has 0 aliphatic rings. The van der Waals surface area contributed by atoms with Crippen LogP contribution in [0.4, 0.5) is 0 Å². The predicted molar refractivity (Wildman–Crippen MR) is 70.4 cm³/mol. The third-order valence-corrected chi connectivity index (χ3v) is 2.98. The summed E-state index contributed by atoms with van der Waals surface area (Å²) < 4.78 is 1.22. The standard InChI is InChI=1S/C13H8ClN3O2/c14-9-7-15-17-11(13(18)19)6-10(16-12(9)17)8-4-2-1-3-5-8/h1-7H,(H,18,19). The summed E-state index contributed by atoms with van der Waals surface area (Å²) in [5.74, 6) is -1.08. The largest absolute Gasteiger partial charge is 0.477 e. The molecule has 0 fully saturated rings. The number of hydrogen-bond acceptors (Lipinski definition) is 3. The highest BCUT2D eigenvalue weighted by molar-refractivity contribution is 6.33. The zero-order valence-electron chi connectivity index (χ0n) is 9.62. The van der Waals surface area contributed by atoms with Gasteiger partial charge in [0.15, 0.2) is 11.3 Å². The molecule has 0 atom stereocenters. The van der Waals surface area contributed by atoms with Crippen molar-refractivity contribution in [2.45, 2.75) is 0 Å². The van der Waals surface area contributed by atoms with E-state index in [4.69, 9.17) is 11.6 Å². The first-order valence-electron chi connectivity index (χ1n) is 5.50. The fourth-order valence-corrected chi connectivity index (χ4v) is 2.01. The SMILES string of the molecule is O=C(O)c1cc(-c2ccccc2)nc2c(Cl)cnn12. The van der Waals surface area contributed by atoms with Crippen LogP contribution in [0.5, 0.6) is 0 Å². The van der Waals surface area contributed by atoms with E-state index in [1.54, 1.807) is 0 Å². The third-order valence-electron chi connectivity index (χ3n) is 2.72. The van der Waals surface area contributed by atoms with E-state index in [1.807, 2.05) is 30.3 Å². The number of rotatable bonds is 2. The number of aromatic carboxylic acids is 1. The molecular formula is C13H8ClN3O2. The van der Waals surface area contributed by atoms with Crippen LogP contribution in [0.15, 0.2) is 42.6 Å². The van der Waals surface area contributed by atoms with Crippen molar-refractivity contribution < 1.29 is 9.90 Å². The molecule has 6 heteroatoms. The molecule has 0 saturated heterocycles. The van der Waals surface area contributed by atoms with Crippen LogP contribution in [0, 0.1) is 0 Å². The van der Waals surface area contributed by atoms with Crippen LogP contribution in [0.3, 0.4) is 0 Å². The molecule has 1 N–H and O–H groups in total. The number of benzene rings is 1. The molecule has 5 nitrogen and oxygen atoms in total. The molecular weight excluding hydrogens is 266 g/mol. The second-order valence-corrected chi connectivity index (χ2v) is 4.33. The number of nitrogens with zero attached hydrogens (tertiary/aromatic N) is 3. The number of fused-ring (bicyclic) bond motifs is 1. The Morgan fingerprint density at radius 1 is 1.26 bits per heavy atom. The zero-order chi connectivity index (χ0) is 13.4. The fourth-order valence-electron chi connectivity index (χ4n) is 1.85. The number of carbonyl (C=O) groups is 1. The van der Waals surface area contributed by atoms with Gasteiger partial charge in [-0.15, -0.1) is 0 Å². The Hall–Kier alpha value is -2.40. The highest BCUT2D eigenvalue weighted by Crippen LogP contribution is 2.23. The van der Waals surface area contributed by atoms with Crippen molar-refractivity contribution in [3.05, 3.63) is 53.3 Å². The predicted octanol–water partition coefficient (Wildman–Crippen LogP) is 2.75. The first-order valence-corrected chi connectivity index (χ1v) is 5.87. The maximum atomic E-state index is 11.3. The van der Waals surface area contributed by atoms with Gasteiger partial charge in [-0.05, 0) is 6.07 Å². The van der Waals surface area contributed by atoms with Crippen molar-refractivity contribution in [3.63, 3.8) is 0 Å². The molecule has 0 aliphatic carbocycles. The van der Waals surface area contributed by atoms with Crippen LogP contribution in [0.2, 0.25) is 5.02 Å². The lowest BCUT2D eigenvalue weighted by Crippen LogP contribution is -2.08. The summed E-state index contributed by atoms with van der Waals surface area (Å²) in [7, 11) is 0.